The fourth-order valence-electron chi connectivity index (χ4n) is 5.06. The van der Waals surface area contributed by atoms with Gasteiger partial charge in [-0.2, -0.15) is 0 Å². The minimum absolute atomic E-state index is 0.0656. The molecule has 4 nitrogen and oxygen atoms in total. The largest absolute Gasteiger partial charge is 0.351 e. The van der Waals surface area contributed by atoms with Gasteiger partial charge in [0.1, 0.15) is 11.9 Å². The number of nitrogens with zero attached hydrogens (tertiary/aromatic N) is 3. The molecule has 160 valence electrons. The molecular weight excluding hydrogens is 407 g/mol. The van der Waals surface area contributed by atoms with Crippen LogP contribution in [0.15, 0.2) is 60.9 Å². The Kier molecular flexibility index (Phi) is 5.48. The molecular formula is C25H27FN4S. The monoisotopic (exact) mass is 434 g/mol. The van der Waals surface area contributed by atoms with Crippen molar-refractivity contribution in [1.82, 2.24) is 14.9 Å². The van der Waals surface area contributed by atoms with Crippen LogP contribution < -0.4 is 10.2 Å². The van der Waals surface area contributed by atoms with E-state index in [1.54, 1.807) is 6.92 Å². The molecule has 0 bridgehead atoms. The molecule has 0 radical (unpaired) electrons. The molecule has 2 atom stereocenters. The van der Waals surface area contributed by atoms with Gasteiger partial charge in [0.25, 0.3) is 0 Å². The fourth-order valence-corrected chi connectivity index (χ4v) is 5.41. The molecule has 0 spiro atoms. The van der Waals surface area contributed by atoms with Gasteiger partial charge in [-0.15, -0.1) is 0 Å². The van der Waals surface area contributed by atoms with Gasteiger partial charge in [0.15, 0.2) is 5.11 Å². The van der Waals surface area contributed by atoms with E-state index in [9.17, 15) is 4.39 Å². The SMILES string of the molecule is Cc1cc(N2C(=S)N[C@H](c3ccccn3)[C@@H]2c2cccn2C2CCCCC2)ccc1F. The van der Waals surface area contributed by atoms with Gasteiger partial charge in [-0.1, -0.05) is 25.3 Å². The summed E-state index contributed by atoms with van der Waals surface area (Å²) in [7, 11) is 0. The fraction of sp³-hybridized carbons (Fsp3) is 0.360. The summed E-state index contributed by atoms with van der Waals surface area (Å²) in [5, 5.41) is 4.15. The lowest BCUT2D eigenvalue weighted by atomic mass is 9.94. The third kappa shape index (κ3) is 3.74. The van der Waals surface area contributed by atoms with Crippen LogP contribution in [0.25, 0.3) is 0 Å². The summed E-state index contributed by atoms with van der Waals surface area (Å²) in [6, 6.07) is 15.9. The molecule has 6 heteroatoms. The Hall–Kier alpha value is -2.73. The van der Waals surface area contributed by atoms with E-state index in [0.717, 1.165) is 11.4 Å². The zero-order chi connectivity index (χ0) is 21.4. The van der Waals surface area contributed by atoms with E-state index in [1.807, 2.05) is 36.5 Å². The minimum atomic E-state index is -0.203. The first-order valence-corrected chi connectivity index (χ1v) is 11.5. The molecule has 1 saturated heterocycles. The molecule has 31 heavy (non-hydrogen) atoms. The van der Waals surface area contributed by atoms with Crippen molar-refractivity contribution in [2.75, 3.05) is 4.90 Å². The summed E-state index contributed by atoms with van der Waals surface area (Å²) in [5.74, 6) is -0.203. The van der Waals surface area contributed by atoms with Crippen molar-refractivity contribution < 1.29 is 4.39 Å². The number of nitrogens with one attached hydrogen (secondary N) is 1. The number of aryl methyl sites for hydroxylation is 1. The Balaban J connectivity index is 1.62. The first kappa shape index (κ1) is 20.2. The molecule has 3 heterocycles. The molecule has 1 aromatic carbocycles. The number of thiocarbonyl (C=S) groups is 1. The van der Waals surface area contributed by atoms with Gasteiger partial charge in [0.05, 0.1) is 11.7 Å². The number of pyridine rings is 1. The zero-order valence-electron chi connectivity index (χ0n) is 17.7. The highest BCUT2D eigenvalue weighted by atomic mass is 32.1. The summed E-state index contributed by atoms with van der Waals surface area (Å²) in [5.41, 5.74) is 3.68. The molecule has 1 saturated carbocycles. The van der Waals surface area contributed by atoms with Crippen molar-refractivity contribution >= 4 is 23.0 Å². The van der Waals surface area contributed by atoms with Crippen LogP contribution in [0.5, 0.6) is 0 Å². The van der Waals surface area contributed by atoms with Gasteiger partial charge in [-0.05, 0) is 80.0 Å². The van der Waals surface area contributed by atoms with Crippen molar-refractivity contribution in [3.8, 4) is 0 Å². The van der Waals surface area contributed by atoms with Crippen molar-refractivity contribution in [2.24, 2.45) is 0 Å². The molecule has 0 unspecified atom stereocenters. The molecule has 1 aliphatic heterocycles. The molecule has 2 aliphatic rings. The topological polar surface area (TPSA) is 33.1 Å². The minimum Gasteiger partial charge on any atom is -0.351 e. The molecule has 1 N–H and O–H groups in total. The van der Waals surface area contributed by atoms with E-state index in [2.05, 4.69) is 38.1 Å². The van der Waals surface area contributed by atoms with Gasteiger partial charge < -0.3 is 14.8 Å². The number of rotatable bonds is 4. The molecule has 3 aromatic rings. The number of aromatic nitrogens is 2. The Morgan fingerprint density at radius 1 is 1.06 bits per heavy atom. The molecule has 5 rings (SSSR count). The Bertz CT molecular complexity index is 1070. The van der Waals surface area contributed by atoms with Crippen LogP contribution in [-0.2, 0) is 0 Å². The van der Waals surface area contributed by atoms with Crippen LogP contribution in [0.2, 0.25) is 0 Å². The first-order chi connectivity index (χ1) is 15.1. The maximum absolute atomic E-state index is 14.0. The number of hydrogen-bond acceptors (Lipinski definition) is 2. The van der Waals surface area contributed by atoms with Crippen molar-refractivity contribution in [3.63, 3.8) is 0 Å². The van der Waals surface area contributed by atoms with Gasteiger partial charge in [-0.25, -0.2) is 4.39 Å². The van der Waals surface area contributed by atoms with Gasteiger partial charge in [-0.3, -0.25) is 4.98 Å². The number of halogens is 1. The maximum atomic E-state index is 14.0. The van der Waals surface area contributed by atoms with Crippen LogP contribution in [0, 0.1) is 12.7 Å². The van der Waals surface area contributed by atoms with Crippen LogP contribution in [0.4, 0.5) is 10.1 Å². The van der Waals surface area contributed by atoms with E-state index in [1.165, 1.54) is 43.9 Å². The average Bonchev–Trinajstić information content (AvgIpc) is 3.41. The summed E-state index contributed by atoms with van der Waals surface area (Å²) in [4.78, 5) is 6.77. The standard InChI is InChI=1S/C25H27FN4S/c1-17-16-19(12-13-20(17)26)30-24(23(28-25(30)31)21-10-5-6-14-27-21)22-11-7-15-29(22)18-8-3-2-4-9-18/h5-7,10-16,18,23-24H,2-4,8-9H2,1H3,(H,28,31)/t23-,24+/m1/s1. The van der Waals surface area contributed by atoms with Gasteiger partial charge in [0.2, 0.25) is 0 Å². The van der Waals surface area contributed by atoms with Crippen LogP contribution in [-0.4, -0.2) is 14.7 Å². The van der Waals surface area contributed by atoms with E-state index < -0.39 is 0 Å². The molecule has 2 fully saturated rings. The summed E-state index contributed by atoms with van der Waals surface area (Å²) in [6.45, 7) is 1.79. The second-order valence-corrected chi connectivity index (χ2v) is 8.95. The second kappa shape index (κ2) is 8.42. The Morgan fingerprint density at radius 3 is 2.65 bits per heavy atom. The lowest BCUT2D eigenvalue weighted by Gasteiger charge is -2.32. The van der Waals surface area contributed by atoms with E-state index in [4.69, 9.17) is 12.2 Å². The van der Waals surface area contributed by atoms with Crippen molar-refractivity contribution in [1.29, 1.82) is 0 Å². The second-order valence-electron chi connectivity index (χ2n) is 8.56. The summed E-state index contributed by atoms with van der Waals surface area (Å²) >= 11 is 5.81. The third-order valence-corrected chi connectivity index (χ3v) is 6.92. The van der Waals surface area contributed by atoms with Gasteiger partial charge >= 0.3 is 0 Å². The predicted octanol–water partition coefficient (Wildman–Crippen LogP) is 6.01. The number of hydrogen-bond donors (Lipinski definition) is 1. The third-order valence-electron chi connectivity index (χ3n) is 6.60. The smallest absolute Gasteiger partial charge is 0.174 e. The highest BCUT2D eigenvalue weighted by molar-refractivity contribution is 7.80. The number of anilines is 1. The Morgan fingerprint density at radius 2 is 1.90 bits per heavy atom. The van der Waals surface area contributed by atoms with E-state index in [0.29, 0.717) is 16.7 Å². The van der Waals surface area contributed by atoms with Gasteiger partial charge in [0, 0.05) is 29.8 Å². The van der Waals surface area contributed by atoms with Crippen LogP contribution >= 0.6 is 12.2 Å². The van der Waals surface area contributed by atoms with Crippen molar-refractivity contribution in [2.45, 2.75) is 57.2 Å². The lowest BCUT2D eigenvalue weighted by Crippen LogP contribution is -2.31. The van der Waals surface area contributed by atoms with Crippen molar-refractivity contribution in [3.05, 3.63) is 83.7 Å². The predicted molar refractivity (Wildman–Crippen MR) is 126 cm³/mol. The van der Waals surface area contributed by atoms with Crippen LogP contribution in [0.3, 0.4) is 0 Å². The summed E-state index contributed by atoms with van der Waals surface area (Å²) < 4.78 is 16.5. The molecule has 1 aliphatic carbocycles. The quantitative estimate of drug-likeness (QED) is 0.510. The lowest BCUT2D eigenvalue weighted by molar-refractivity contribution is 0.340. The first-order valence-electron chi connectivity index (χ1n) is 11.1. The molecule has 0 amide bonds. The maximum Gasteiger partial charge on any atom is 0.174 e. The van der Waals surface area contributed by atoms with Crippen LogP contribution in [0.1, 0.15) is 67.2 Å². The van der Waals surface area contributed by atoms with E-state index in [-0.39, 0.29) is 17.9 Å². The molecule has 2 aromatic heterocycles. The van der Waals surface area contributed by atoms with E-state index >= 15 is 0 Å². The highest BCUT2D eigenvalue weighted by Gasteiger charge is 2.42. The number of benzene rings is 1. The normalized spacial score (nSPS) is 22.0. The zero-order valence-corrected chi connectivity index (χ0v) is 18.5. The average molecular weight is 435 g/mol. The highest BCUT2D eigenvalue weighted by Crippen LogP contribution is 2.43. The summed E-state index contributed by atoms with van der Waals surface area (Å²) in [6.07, 6.45) is 10.3. The Labute approximate surface area is 188 Å².